The van der Waals surface area contributed by atoms with E-state index in [1.165, 1.54) is 16.8 Å². The summed E-state index contributed by atoms with van der Waals surface area (Å²) in [4.78, 5) is 4.26. The molecule has 1 N–H and O–H groups in total. The van der Waals surface area contributed by atoms with Crippen molar-refractivity contribution in [2.75, 3.05) is 7.05 Å². The molecule has 0 bridgehead atoms. The Hall–Kier alpha value is -1.68. The van der Waals surface area contributed by atoms with Gasteiger partial charge in [0.2, 0.25) is 0 Å². The van der Waals surface area contributed by atoms with Gasteiger partial charge in [-0.05, 0) is 38.1 Å². The van der Waals surface area contributed by atoms with Crippen molar-refractivity contribution in [2.45, 2.75) is 26.3 Å². The van der Waals surface area contributed by atoms with Gasteiger partial charge in [-0.3, -0.25) is 9.67 Å². The Morgan fingerprint density at radius 1 is 1.28 bits per heavy atom. The summed E-state index contributed by atoms with van der Waals surface area (Å²) in [6.45, 7) is 4.09. The van der Waals surface area contributed by atoms with Gasteiger partial charge in [-0.25, -0.2) is 0 Å². The van der Waals surface area contributed by atoms with Crippen molar-refractivity contribution in [2.24, 2.45) is 7.05 Å². The number of likely N-dealkylation sites (N-methyl/N-ethyl adjacent to an activating group) is 1. The molecule has 18 heavy (non-hydrogen) atoms. The van der Waals surface area contributed by atoms with E-state index >= 15 is 0 Å². The van der Waals surface area contributed by atoms with Crippen LogP contribution in [0.4, 0.5) is 0 Å². The van der Waals surface area contributed by atoms with Crippen LogP contribution in [-0.4, -0.2) is 21.8 Å². The molecule has 4 heteroatoms. The topological polar surface area (TPSA) is 42.7 Å². The van der Waals surface area contributed by atoms with Gasteiger partial charge in [-0.15, -0.1) is 0 Å². The normalized spacial score (nSPS) is 12.7. The molecule has 2 aromatic rings. The first-order valence-electron chi connectivity index (χ1n) is 6.18. The Labute approximate surface area is 108 Å². The molecule has 0 aliphatic carbocycles. The predicted octanol–water partition coefficient (Wildman–Crippen LogP) is 1.94. The monoisotopic (exact) mass is 244 g/mol. The second kappa shape index (κ2) is 5.31. The molecule has 0 radical (unpaired) electrons. The van der Waals surface area contributed by atoms with Crippen LogP contribution in [0.15, 0.2) is 24.5 Å². The van der Waals surface area contributed by atoms with Gasteiger partial charge in [0.25, 0.3) is 0 Å². The van der Waals surface area contributed by atoms with Crippen molar-refractivity contribution < 1.29 is 0 Å². The molecule has 0 aliphatic rings. The summed E-state index contributed by atoms with van der Waals surface area (Å²) in [5.74, 6) is 0. The fourth-order valence-electron chi connectivity index (χ4n) is 2.22. The summed E-state index contributed by atoms with van der Waals surface area (Å²) in [5, 5.41) is 7.73. The summed E-state index contributed by atoms with van der Waals surface area (Å²) in [5.41, 5.74) is 4.70. The van der Waals surface area contributed by atoms with E-state index in [0.717, 1.165) is 12.1 Å². The molecule has 0 aliphatic heterocycles. The molecule has 2 heterocycles. The Kier molecular flexibility index (Phi) is 3.77. The van der Waals surface area contributed by atoms with Crippen molar-refractivity contribution in [3.63, 3.8) is 0 Å². The first kappa shape index (κ1) is 12.8. The van der Waals surface area contributed by atoms with Crippen LogP contribution < -0.4 is 5.32 Å². The molecule has 0 spiro atoms. The Balaban J connectivity index is 2.22. The fourth-order valence-corrected chi connectivity index (χ4v) is 2.22. The van der Waals surface area contributed by atoms with Crippen LogP contribution in [0, 0.1) is 13.8 Å². The highest BCUT2D eigenvalue weighted by atomic mass is 15.3. The van der Waals surface area contributed by atoms with Crippen LogP contribution in [0.5, 0.6) is 0 Å². The largest absolute Gasteiger partial charge is 0.313 e. The summed E-state index contributed by atoms with van der Waals surface area (Å²) in [7, 11) is 3.97. The smallest absolute Gasteiger partial charge is 0.0596 e. The zero-order chi connectivity index (χ0) is 13.1. The molecule has 1 unspecified atom stereocenters. The van der Waals surface area contributed by atoms with Crippen LogP contribution in [0.2, 0.25) is 0 Å². The van der Waals surface area contributed by atoms with E-state index in [-0.39, 0.29) is 6.04 Å². The lowest BCUT2D eigenvalue weighted by molar-refractivity contribution is 0.559. The Bertz CT molecular complexity index is 530. The van der Waals surface area contributed by atoms with Gasteiger partial charge in [0, 0.05) is 37.6 Å². The highest BCUT2D eigenvalue weighted by Crippen LogP contribution is 2.18. The second-order valence-corrected chi connectivity index (χ2v) is 4.74. The van der Waals surface area contributed by atoms with Crippen molar-refractivity contribution in [1.82, 2.24) is 20.1 Å². The van der Waals surface area contributed by atoms with Gasteiger partial charge < -0.3 is 5.32 Å². The number of rotatable bonds is 4. The maximum Gasteiger partial charge on any atom is 0.0596 e. The number of pyridine rings is 1. The zero-order valence-electron chi connectivity index (χ0n) is 11.4. The molecule has 0 amide bonds. The number of aromatic nitrogens is 3. The van der Waals surface area contributed by atoms with E-state index in [4.69, 9.17) is 0 Å². The summed E-state index contributed by atoms with van der Waals surface area (Å²) in [6, 6.07) is 4.58. The number of nitrogens with one attached hydrogen (secondary N) is 1. The SMILES string of the molecule is CNC(Cc1cc(C)nn1C)c1cncc(C)c1. The van der Waals surface area contributed by atoms with E-state index < -0.39 is 0 Å². The maximum atomic E-state index is 4.38. The molecule has 2 rings (SSSR count). The third kappa shape index (κ3) is 2.76. The minimum absolute atomic E-state index is 0.271. The molecule has 96 valence electrons. The summed E-state index contributed by atoms with van der Waals surface area (Å²) < 4.78 is 1.95. The third-order valence-corrected chi connectivity index (χ3v) is 3.16. The third-order valence-electron chi connectivity index (χ3n) is 3.16. The predicted molar refractivity (Wildman–Crippen MR) is 72.4 cm³/mol. The molecular weight excluding hydrogens is 224 g/mol. The lowest BCUT2D eigenvalue weighted by Gasteiger charge is -2.16. The van der Waals surface area contributed by atoms with Crippen LogP contribution >= 0.6 is 0 Å². The second-order valence-electron chi connectivity index (χ2n) is 4.74. The molecule has 4 nitrogen and oxygen atoms in total. The van der Waals surface area contributed by atoms with Crippen molar-refractivity contribution in [3.05, 3.63) is 47.0 Å². The average Bonchev–Trinajstić information content (AvgIpc) is 2.64. The minimum atomic E-state index is 0.271. The Morgan fingerprint density at radius 3 is 2.61 bits per heavy atom. The summed E-state index contributed by atoms with van der Waals surface area (Å²) in [6.07, 6.45) is 4.72. The van der Waals surface area contributed by atoms with Gasteiger partial charge in [-0.1, -0.05) is 6.07 Å². The first-order chi connectivity index (χ1) is 8.60. The molecule has 1 atom stereocenters. The zero-order valence-corrected chi connectivity index (χ0v) is 11.4. The minimum Gasteiger partial charge on any atom is -0.313 e. The van der Waals surface area contributed by atoms with E-state index in [1.54, 1.807) is 0 Å². The van der Waals surface area contributed by atoms with Gasteiger partial charge in [0.05, 0.1) is 5.69 Å². The van der Waals surface area contributed by atoms with Gasteiger partial charge in [0.1, 0.15) is 0 Å². The van der Waals surface area contributed by atoms with Gasteiger partial charge >= 0.3 is 0 Å². The van der Waals surface area contributed by atoms with E-state index in [1.807, 2.05) is 38.1 Å². The quantitative estimate of drug-likeness (QED) is 0.893. The van der Waals surface area contributed by atoms with Crippen LogP contribution in [-0.2, 0) is 13.5 Å². The molecular formula is C14H20N4. The van der Waals surface area contributed by atoms with E-state index in [9.17, 15) is 0 Å². The highest BCUT2D eigenvalue weighted by molar-refractivity contribution is 5.22. The molecule has 0 saturated heterocycles. The fraction of sp³-hybridized carbons (Fsp3) is 0.429. The van der Waals surface area contributed by atoms with Crippen molar-refractivity contribution >= 4 is 0 Å². The first-order valence-corrected chi connectivity index (χ1v) is 6.18. The summed E-state index contributed by atoms with van der Waals surface area (Å²) >= 11 is 0. The number of nitrogens with zero attached hydrogens (tertiary/aromatic N) is 3. The van der Waals surface area contributed by atoms with Crippen LogP contribution in [0.25, 0.3) is 0 Å². The van der Waals surface area contributed by atoms with Gasteiger partial charge in [-0.2, -0.15) is 5.10 Å². The van der Waals surface area contributed by atoms with E-state index in [0.29, 0.717) is 0 Å². The standard InChI is InChI=1S/C14H20N4/c1-10-5-12(9-16-8-10)14(15-3)7-13-6-11(2)17-18(13)4/h5-6,8-9,14-15H,7H2,1-4H3. The van der Waals surface area contributed by atoms with Crippen molar-refractivity contribution in [3.8, 4) is 0 Å². The number of hydrogen-bond acceptors (Lipinski definition) is 3. The van der Waals surface area contributed by atoms with Gasteiger partial charge in [0.15, 0.2) is 0 Å². The van der Waals surface area contributed by atoms with Crippen molar-refractivity contribution in [1.29, 1.82) is 0 Å². The highest BCUT2D eigenvalue weighted by Gasteiger charge is 2.13. The number of hydrogen-bond donors (Lipinski definition) is 1. The number of aryl methyl sites for hydroxylation is 3. The lowest BCUT2D eigenvalue weighted by Crippen LogP contribution is -2.20. The molecule has 0 fully saturated rings. The average molecular weight is 244 g/mol. The van der Waals surface area contributed by atoms with E-state index in [2.05, 4.69) is 34.5 Å². The Morgan fingerprint density at radius 2 is 2.06 bits per heavy atom. The molecule has 0 aromatic carbocycles. The van der Waals surface area contributed by atoms with Crippen LogP contribution in [0.3, 0.4) is 0 Å². The maximum absolute atomic E-state index is 4.38. The molecule has 2 aromatic heterocycles. The lowest BCUT2D eigenvalue weighted by atomic mass is 10.0. The van der Waals surface area contributed by atoms with Crippen LogP contribution in [0.1, 0.15) is 28.6 Å². The molecule has 0 saturated carbocycles.